The van der Waals surface area contributed by atoms with Crippen molar-refractivity contribution in [1.29, 1.82) is 0 Å². The smallest absolute Gasteiger partial charge is 0.252 e. The van der Waals surface area contributed by atoms with Gasteiger partial charge in [-0.05, 0) is 339 Å². The van der Waals surface area contributed by atoms with Crippen LogP contribution in [0.3, 0.4) is 0 Å². The highest BCUT2D eigenvalue weighted by Crippen LogP contribution is 2.55. The van der Waals surface area contributed by atoms with Crippen LogP contribution in [0.5, 0.6) is 0 Å². The number of anilines is 12. The molecule has 0 radical (unpaired) electrons. The maximum Gasteiger partial charge on any atom is 0.252 e. The first-order valence-electron chi connectivity index (χ1n) is 54.6. The summed E-state index contributed by atoms with van der Waals surface area (Å²) in [6, 6.07) is 27.0. The highest BCUT2D eigenvalue weighted by molar-refractivity contribution is 7.03. The zero-order valence-corrected chi connectivity index (χ0v) is 68.0. The largest absolute Gasteiger partial charge is 0.311 e. The van der Waals surface area contributed by atoms with Gasteiger partial charge in [0.2, 0.25) is 0 Å². The standard InChI is InChI=1S/C114H92B2N4/c1-69-29-22-30-70(2)106(69)83-49-55-90(56-50-83)117-98-59-53-85(108-73(5)33-24-34-74(108)6)61-94(98)115-96-67-97-101(68-100(96)119(89-45-20-15-21-46-89)104-65-87(63-102(117)112(104)115)110-77(9)37-26-38-78(110)10)120(114-92(81-41-16-13-17-42-81)47-28-48-93(114)82-43-18-14-19-44-82)105-66-88(111-79(11)39-27-40-80(111)12)64-103-113(105)116(97)95-62-86(109-75(7)35-25-36-76(109)8)54-60-99(95)118(103)91-57-51-84(52-58-91)107-71(3)31-23-32-72(107)4/h13-68H,1-12H3/i13D,14D,15D,16D,17D,18D,19D,20D,21D,41D,42D,43D,44D,45D,46D,49D,50D,51D,52D,53D,54D,55D,56D,57D,58D,59D,60D,61D,62D. The van der Waals surface area contributed by atoms with Crippen LogP contribution in [0.15, 0.2) is 339 Å². The fourth-order valence-electron chi connectivity index (χ4n) is 19.3. The Bertz CT molecular complexity index is 8630. The fourth-order valence-corrected chi connectivity index (χ4v) is 19.3. The monoisotopic (exact) mass is 1570 g/mol. The second kappa shape index (κ2) is 29.0. The number of fused-ring (bicyclic) bond motifs is 8. The van der Waals surface area contributed by atoms with Crippen molar-refractivity contribution in [2.75, 3.05) is 19.6 Å². The van der Waals surface area contributed by atoms with E-state index in [1.165, 1.54) is 32.9 Å². The van der Waals surface area contributed by atoms with E-state index in [9.17, 15) is 39.8 Å². The number of hydrogen-bond donors (Lipinski definition) is 0. The SMILES string of the molecule is [2H]c1c([2H])c([2H])c(-c2cccc(-c3c([2H])c([2H])c([2H])c([2H])c3[2H])c2N2c3cc4c(cc3B3c5c2cc(-c2c(C)cccc2C)cc5N(c2c([2H])c([2H])c(-c5c(C)cccc5C)c([2H])c2[2H])c2c([2H])c([2H])c(-c5c(C)cccc5C)c([2H])c23)B2c3c(cc(-c5c(C)cccc5C)cc3N(c3c([2H])c([2H])c(-c5c(C)cccc5C)c([2H])c3[2H])c3c([2H])c([2H])c(-c5c(C)cccc5C)c([2H])c32)N4c2c([2H])c([2H])c([2H])c([2H])c2[2H])c([2H])c1[2H]. The number of nitrogens with zero attached hydrogens (tertiary/aromatic N) is 4. The van der Waals surface area contributed by atoms with Gasteiger partial charge in [0, 0.05) is 73.7 Å². The summed E-state index contributed by atoms with van der Waals surface area (Å²) in [7, 11) is 0. The van der Waals surface area contributed by atoms with Crippen molar-refractivity contribution >= 4 is 114 Å². The average Bonchev–Trinajstić information content (AvgIpc) is 0.665. The van der Waals surface area contributed by atoms with E-state index in [0.717, 1.165) is 0 Å². The molecule has 574 valence electrons. The molecule has 0 amide bonds. The molecule has 17 aromatic carbocycles. The topological polar surface area (TPSA) is 13.0 Å². The second-order valence-corrected chi connectivity index (χ2v) is 31.8. The number of rotatable bonds is 12. The molecule has 0 aromatic heterocycles. The van der Waals surface area contributed by atoms with E-state index in [-0.39, 0.29) is 123 Å². The van der Waals surface area contributed by atoms with Crippen molar-refractivity contribution in [3.63, 3.8) is 0 Å². The van der Waals surface area contributed by atoms with Crippen LogP contribution in [0.2, 0.25) is 0 Å². The third kappa shape index (κ3) is 11.8. The molecule has 4 aliphatic rings. The van der Waals surface area contributed by atoms with E-state index in [4.69, 9.17) is 0 Å². The van der Waals surface area contributed by atoms with Crippen LogP contribution in [-0.4, -0.2) is 13.4 Å². The van der Waals surface area contributed by atoms with Gasteiger partial charge in [0.15, 0.2) is 0 Å². The zero-order valence-electron chi connectivity index (χ0n) is 97.0. The van der Waals surface area contributed by atoms with Crippen molar-refractivity contribution in [2.24, 2.45) is 0 Å². The van der Waals surface area contributed by atoms with Gasteiger partial charge in [-0.25, -0.2) is 0 Å². The van der Waals surface area contributed by atoms with Gasteiger partial charge in [0.25, 0.3) is 13.4 Å². The molecule has 4 heterocycles. The molecule has 0 saturated heterocycles. The van der Waals surface area contributed by atoms with Gasteiger partial charge in [-0.1, -0.05) is 260 Å². The summed E-state index contributed by atoms with van der Waals surface area (Å²) < 4.78 is 302. The minimum Gasteiger partial charge on any atom is -0.311 e. The molecule has 0 fully saturated rings. The van der Waals surface area contributed by atoms with Gasteiger partial charge in [-0.3, -0.25) is 0 Å². The molecule has 21 rings (SSSR count). The van der Waals surface area contributed by atoms with E-state index < -0.39 is 217 Å². The first kappa shape index (κ1) is 48.7. The summed E-state index contributed by atoms with van der Waals surface area (Å²) in [5.74, 6) is 0. The van der Waals surface area contributed by atoms with Crippen molar-refractivity contribution in [3.05, 3.63) is 406 Å². The van der Waals surface area contributed by atoms with Crippen molar-refractivity contribution in [2.45, 2.75) is 83.1 Å². The van der Waals surface area contributed by atoms with Gasteiger partial charge in [0.1, 0.15) is 0 Å². The molecule has 120 heavy (non-hydrogen) atoms. The van der Waals surface area contributed by atoms with Gasteiger partial charge in [-0.15, -0.1) is 0 Å². The molecule has 17 aromatic rings. The van der Waals surface area contributed by atoms with Crippen LogP contribution in [-0.2, 0) is 0 Å². The Balaban J connectivity index is 1.06. The lowest BCUT2D eigenvalue weighted by molar-refractivity contribution is 1.23. The third-order valence-electron chi connectivity index (χ3n) is 24.4. The zero-order chi connectivity index (χ0) is 107. The van der Waals surface area contributed by atoms with Gasteiger partial charge >= 0.3 is 0 Å². The molecule has 6 heteroatoms. The summed E-state index contributed by atoms with van der Waals surface area (Å²) in [6.45, 7) is 18.4. The number of aryl methyl sites for hydroxylation is 12. The van der Waals surface area contributed by atoms with Crippen LogP contribution in [0.4, 0.5) is 68.2 Å². The predicted molar refractivity (Wildman–Crippen MR) is 515 cm³/mol. The minimum atomic E-state index is -1.70. The first-order chi connectivity index (χ1) is 70.6. The molecule has 4 nitrogen and oxygen atoms in total. The molecule has 0 N–H and O–H groups in total. The van der Waals surface area contributed by atoms with Gasteiger partial charge < -0.3 is 19.6 Å². The Kier molecular flexibility index (Phi) is 11.8. The number of hydrogen-bond acceptors (Lipinski definition) is 4. The van der Waals surface area contributed by atoms with Gasteiger partial charge in [-0.2, -0.15) is 0 Å². The summed E-state index contributed by atoms with van der Waals surface area (Å²) in [5.41, 5.74) is 5.35. The maximum absolute atomic E-state index is 11.8. The summed E-state index contributed by atoms with van der Waals surface area (Å²) in [4.78, 5) is 5.81. The van der Waals surface area contributed by atoms with E-state index in [1.54, 1.807) is 169 Å². The fraction of sp³-hybridized carbons (Fsp3) is 0.105. The highest BCUT2D eigenvalue weighted by Gasteiger charge is 2.50. The van der Waals surface area contributed by atoms with Crippen molar-refractivity contribution in [1.82, 2.24) is 0 Å². The highest BCUT2D eigenvalue weighted by atomic mass is 15.2. The first-order valence-corrected chi connectivity index (χ1v) is 40.1. The van der Waals surface area contributed by atoms with Crippen LogP contribution < -0.4 is 52.4 Å². The lowest BCUT2D eigenvalue weighted by atomic mass is 9.30. The molecule has 0 aliphatic carbocycles. The van der Waals surface area contributed by atoms with Crippen LogP contribution >= 0.6 is 0 Å². The van der Waals surface area contributed by atoms with E-state index >= 15 is 0 Å². The van der Waals surface area contributed by atoms with Crippen molar-refractivity contribution < 1.29 is 39.8 Å². The minimum absolute atomic E-state index is 0.00218. The number of para-hydroxylation sites is 2. The lowest BCUT2D eigenvalue weighted by Gasteiger charge is -2.48. The van der Waals surface area contributed by atoms with E-state index in [0.29, 0.717) is 106 Å². The summed E-state index contributed by atoms with van der Waals surface area (Å²) in [6.07, 6.45) is 0. The maximum atomic E-state index is 11.8. The lowest BCUT2D eigenvalue weighted by Crippen LogP contribution is -2.65. The Hall–Kier alpha value is -13.9. The quantitative estimate of drug-likeness (QED) is 0.113. The van der Waals surface area contributed by atoms with Crippen molar-refractivity contribution in [3.8, 4) is 89.0 Å². The average molecular weight is 1570 g/mol. The summed E-state index contributed by atoms with van der Waals surface area (Å²) >= 11 is 0. The van der Waals surface area contributed by atoms with E-state index in [1.807, 2.05) is 64.1 Å². The molecular weight excluding hydrogens is 1450 g/mol. The Labute approximate surface area is 748 Å². The molecule has 4 aliphatic heterocycles. The van der Waals surface area contributed by atoms with Gasteiger partial charge in [0.05, 0.1) is 45.4 Å². The van der Waals surface area contributed by atoms with Crippen LogP contribution in [0.1, 0.15) is 107 Å². The second-order valence-electron chi connectivity index (χ2n) is 31.8. The van der Waals surface area contributed by atoms with E-state index in [2.05, 4.69) is 0 Å². The normalized spacial score (nSPS) is 16.1. The van der Waals surface area contributed by atoms with Crippen LogP contribution in [0, 0.1) is 83.1 Å². The molecule has 0 bridgehead atoms. The molecule has 0 atom stereocenters. The summed E-state index contributed by atoms with van der Waals surface area (Å²) in [5, 5.41) is 0. The Morgan fingerprint density at radius 1 is 0.208 bits per heavy atom. The number of benzene rings is 17. The molecule has 0 spiro atoms. The Morgan fingerprint density at radius 3 is 0.817 bits per heavy atom. The molecule has 0 saturated carbocycles. The predicted octanol–water partition coefficient (Wildman–Crippen LogP) is 26.9. The van der Waals surface area contributed by atoms with Crippen LogP contribution in [0.25, 0.3) is 89.0 Å². The molecular formula is C114H92B2N4. The Morgan fingerprint density at radius 2 is 0.475 bits per heavy atom. The molecule has 0 unspecified atom stereocenters. The third-order valence-corrected chi connectivity index (χ3v) is 24.4.